The van der Waals surface area contributed by atoms with Crippen molar-refractivity contribution in [2.45, 2.75) is 25.1 Å². The van der Waals surface area contributed by atoms with Gasteiger partial charge in [-0.2, -0.15) is 13.2 Å². The van der Waals surface area contributed by atoms with Crippen molar-refractivity contribution in [3.63, 3.8) is 0 Å². The number of benzene rings is 2. The van der Waals surface area contributed by atoms with E-state index in [1.165, 1.54) is 4.57 Å². The first-order valence-corrected chi connectivity index (χ1v) is 9.94. The first-order chi connectivity index (χ1) is 15.9. The number of pyridine rings is 1. The van der Waals surface area contributed by atoms with E-state index in [1.807, 2.05) is 0 Å². The summed E-state index contributed by atoms with van der Waals surface area (Å²) in [6.45, 7) is -1.59. The third-order valence-electron chi connectivity index (χ3n) is 5.41. The number of fused-ring (bicyclic) bond motifs is 1. The molecule has 0 bridgehead atoms. The number of aromatic nitrogens is 1. The summed E-state index contributed by atoms with van der Waals surface area (Å²) >= 11 is 0. The van der Waals surface area contributed by atoms with Crippen LogP contribution in [0.3, 0.4) is 0 Å². The summed E-state index contributed by atoms with van der Waals surface area (Å²) in [5.41, 5.74) is 2.47. The average molecular weight is 481 g/mol. The summed E-state index contributed by atoms with van der Waals surface area (Å²) in [5.74, 6) is -4.96. The second kappa shape index (κ2) is 8.12. The summed E-state index contributed by atoms with van der Waals surface area (Å²) in [7, 11) is 0. The fraction of sp³-hybridized carbons (Fsp3) is 0.227. The highest BCUT2D eigenvalue weighted by atomic mass is 19.4. The van der Waals surface area contributed by atoms with Crippen LogP contribution >= 0.6 is 0 Å². The molecule has 178 valence electrons. The van der Waals surface area contributed by atoms with Gasteiger partial charge in [-0.25, -0.2) is 13.6 Å². The Morgan fingerprint density at radius 1 is 1.15 bits per heavy atom. The number of rotatable bonds is 5. The first-order valence-electron chi connectivity index (χ1n) is 9.94. The van der Waals surface area contributed by atoms with Gasteiger partial charge >= 0.3 is 12.1 Å². The molecule has 1 aliphatic carbocycles. The lowest BCUT2D eigenvalue weighted by atomic mass is 9.98. The predicted octanol–water partition coefficient (Wildman–Crippen LogP) is 3.85. The summed E-state index contributed by atoms with van der Waals surface area (Å²) < 4.78 is 68.9. The maximum absolute atomic E-state index is 15.6. The zero-order chi connectivity index (χ0) is 24.9. The Bertz CT molecular complexity index is 1410. The van der Waals surface area contributed by atoms with Crippen molar-refractivity contribution in [3.8, 4) is 11.1 Å². The van der Waals surface area contributed by atoms with E-state index in [0.717, 1.165) is 30.5 Å². The molecule has 7 nitrogen and oxygen atoms in total. The molecule has 12 heteroatoms. The molecule has 1 saturated carbocycles. The van der Waals surface area contributed by atoms with Gasteiger partial charge < -0.3 is 20.7 Å². The molecule has 0 atom stereocenters. The number of amides is 1. The van der Waals surface area contributed by atoms with Crippen LogP contribution in [-0.4, -0.2) is 34.3 Å². The second-order valence-electron chi connectivity index (χ2n) is 7.86. The number of nitrogens with one attached hydrogen (secondary N) is 1. The SMILES string of the molecule is Nc1cc(-c2c(F)cc3c(=O)c(C(=O)O)cn(C4CC4)c3c2F)ccc1C(=O)NCC(F)(F)F. The molecule has 4 N–H and O–H groups in total. The van der Waals surface area contributed by atoms with Gasteiger partial charge in [-0.3, -0.25) is 9.59 Å². The van der Waals surface area contributed by atoms with Gasteiger partial charge in [0, 0.05) is 17.9 Å². The van der Waals surface area contributed by atoms with Gasteiger partial charge in [0.1, 0.15) is 17.9 Å². The van der Waals surface area contributed by atoms with Crippen LogP contribution in [-0.2, 0) is 0 Å². The van der Waals surface area contributed by atoms with E-state index in [2.05, 4.69) is 0 Å². The van der Waals surface area contributed by atoms with E-state index in [1.54, 1.807) is 5.32 Å². The van der Waals surface area contributed by atoms with E-state index in [4.69, 9.17) is 5.73 Å². The highest BCUT2D eigenvalue weighted by Crippen LogP contribution is 2.40. The molecule has 0 unspecified atom stereocenters. The van der Waals surface area contributed by atoms with Crippen molar-refractivity contribution in [1.29, 1.82) is 0 Å². The summed E-state index contributed by atoms with van der Waals surface area (Å²) in [6, 6.07) is 3.64. The molecule has 0 aliphatic heterocycles. The van der Waals surface area contributed by atoms with Crippen LogP contribution in [0.5, 0.6) is 0 Å². The molecule has 2 aromatic carbocycles. The maximum atomic E-state index is 15.6. The van der Waals surface area contributed by atoms with Gasteiger partial charge in [-0.15, -0.1) is 0 Å². The molecule has 1 aromatic heterocycles. The Morgan fingerprint density at radius 2 is 1.82 bits per heavy atom. The van der Waals surface area contributed by atoms with Crippen molar-refractivity contribution < 1.29 is 36.6 Å². The van der Waals surface area contributed by atoms with Crippen LogP contribution in [0.15, 0.2) is 35.3 Å². The number of aromatic carboxylic acids is 1. The lowest BCUT2D eigenvalue weighted by Gasteiger charge is -2.16. The molecule has 0 radical (unpaired) electrons. The molecule has 1 fully saturated rings. The molecule has 4 rings (SSSR count). The van der Waals surface area contributed by atoms with Crippen molar-refractivity contribution in [1.82, 2.24) is 9.88 Å². The Hall–Kier alpha value is -3.96. The summed E-state index contributed by atoms with van der Waals surface area (Å²) in [4.78, 5) is 36.0. The number of nitrogen functional groups attached to an aromatic ring is 1. The molecule has 0 spiro atoms. The number of carboxylic acids is 1. The quantitative estimate of drug-likeness (QED) is 0.378. The number of carbonyl (C=O) groups is 2. The van der Waals surface area contributed by atoms with Gasteiger partial charge in [-0.1, -0.05) is 6.07 Å². The van der Waals surface area contributed by atoms with Gasteiger partial charge in [0.2, 0.25) is 5.43 Å². The third kappa shape index (κ3) is 4.18. The molecule has 34 heavy (non-hydrogen) atoms. The van der Waals surface area contributed by atoms with E-state index in [9.17, 15) is 37.1 Å². The van der Waals surface area contributed by atoms with Crippen molar-refractivity contribution in [3.05, 3.63) is 63.4 Å². The number of alkyl halides is 3. The number of anilines is 1. The number of hydrogen-bond acceptors (Lipinski definition) is 4. The number of hydrogen-bond donors (Lipinski definition) is 3. The first kappa shape index (κ1) is 23.2. The number of halogens is 5. The number of nitrogens with zero attached hydrogens (tertiary/aromatic N) is 1. The smallest absolute Gasteiger partial charge is 0.405 e. The fourth-order valence-corrected chi connectivity index (χ4v) is 3.70. The Balaban J connectivity index is 1.84. The standard InChI is InChI=1S/C22H16F5N3O4/c23-14-6-12-18(30(10-2-3-10)7-13(19(12)31)21(33)34)17(24)16(14)9-1-4-11(15(28)5-9)20(32)29-8-22(25,26)27/h1,4-7,10H,2-3,8,28H2,(H,29,32)(H,33,34). The van der Waals surface area contributed by atoms with Gasteiger partial charge in [-0.05, 0) is 36.6 Å². The Morgan fingerprint density at radius 3 is 2.38 bits per heavy atom. The minimum Gasteiger partial charge on any atom is -0.477 e. The average Bonchev–Trinajstić information content (AvgIpc) is 3.57. The van der Waals surface area contributed by atoms with Crippen LogP contribution in [0.2, 0.25) is 0 Å². The van der Waals surface area contributed by atoms with E-state index in [0.29, 0.717) is 12.8 Å². The van der Waals surface area contributed by atoms with E-state index in [-0.39, 0.29) is 28.4 Å². The second-order valence-corrected chi connectivity index (χ2v) is 7.86. The number of carbonyl (C=O) groups excluding carboxylic acids is 1. The van der Waals surface area contributed by atoms with Crippen molar-refractivity contribution in [2.75, 3.05) is 12.3 Å². The van der Waals surface area contributed by atoms with Gasteiger partial charge in [0.25, 0.3) is 5.91 Å². The van der Waals surface area contributed by atoms with E-state index >= 15 is 4.39 Å². The minimum absolute atomic E-state index is 0.126. The molecular weight excluding hydrogens is 465 g/mol. The monoisotopic (exact) mass is 481 g/mol. The Labute approximate surface area is 187 Å². The normalized spacial score (nSPS) is 13.8. The number of nitrogens with two attached hydrogens (primary N) is 1. The molecule has 1 heterocycles. The predicted molar refractivity (Wildman–Crippen MR) is 112 cm³/mol. The van der Waals surface area contributed by atoms with Gasteiger partial charge in [0.05, 0.1) is 22.0 Å². The Kier molecular flexibility index (Phi) is 5.54. The van der Waals surface area contributed by atoms with Crippen molar-refractivity contribution in [2.24, 2.45) is 0 Å². The van der Waals surface area contributed by atoms with Gasteiger partial charge in [0.15, 0.2) is 5.82 Å². The minimum atomic E-state index is -4.64. The maximum Gasteiger partial charge on any atom is 0.405 e. The van der Waals surface area contributed by atoms with Crippen LogP contribution in [0, 0.1) is 11.6 Å². The van der Waals surface area contributed by atoms with Crippen LogP contribution in [0.4, 0.5) is 27.6 Å². The zero-order valence-electron chi connectivity index (χ0n) is 17.2. The topological polar surface area (TPSA) is 114 Å². The van der Waals surface area contributed by atoms with Crippen LogP contribution in [0.1, 0.15) is 39.6 Å². The molecule has 3 aromatic rings. The lowest BCUT2D eigenvalue weighted by molar-refractivity contribution is -0.123. The van der Waals surface area contributed by atoms with Crippen LogP contribution in [0.25, 0.3) is 22.0 Å². The lowest BCUT2D eigenvalue weighted by Crippen LogP contribution is -2.34. The fourth-order valence-electron chi connectivity index (χ4n) is 3.70. The van der Waals surface area contributed by atoms with Crippen LogP contribution < -0.4 is 16.5 Å². The molecule has 1 aliphatic rings. The third-order valence-corrected chi connectivity index (χ3v) is 5.41. The summed E-state index contributed by atoms with van der Waals surface area (Å²) in [6.07, 6.45) is -2.40. The largest absolute Gasteiger partial charge is 0.477 e. The zero-order valence-corrected chi connectivity index (χ0v) is 17.2. The van der Waals surface area contributed by atoms with Crippen molar-refractivity contribution >= 4 is 28.5 Å². The summed E-state index contributed by atoms with van der Waals surface area (Å²) in [5, 5.41) is 10.5. The number of carboxylic acid groups (broad SMARTS) is 1. The van der Waals surface area contributed by atoms with E-state index < -0.39 is 58.2 Å². The molecule has 0 saturated heterocycles. The molecular formula is C22H16F5N3O4. The molecule has 1 amide bonds. The highest BCUT2D eigenvalue weighted by Gasteiger charge is 2.31. The highest BCUT2D eigenvalue weighted by molar-refractivity contribution is 6.00.